The van der Waals surface area contributed by atoms with Crippen molar-refractivity contribution in [1.29, 1.82) is 0 Å². The van der Waals surface area contributed by atoms with Crippen LogP contribution in [0.4, 0.5) is 4.39 Å². The molecule has 5 nitrogen and oxygen atoms in total. The third-order valence-electron chi connectivity index (χ3n) is 4.21. The maximum absolute atomic E-state index is 13.9. The number of hydroxylamine groups is 2. The third kappa shape index (κ3) is 2.03. The van der Waals surface area contributed by atoms with Gasteiger partial charge in [0.2, 0.25) is 0 Å². The number of halogens is 1. The van der Waals surface area contributed by atoms with Crippen LogP contribution >= 0.6 is 0 Å². The number of hydrogen-bond donors (Lipinski definition) is 1. The largest absolute Gasteiger partial charge is 0.298 e. The first-order valence-electron chi connectivity index (χ1n) is 7.33. The Balaban J connectivity index is 2.09. The zero-order chi connectivity index (χ0) is 16.1. The van der Waals surface area contributed by atoms with Gasteiger partial charge in [-0.1, -0.05) is 0 Å². The van der Waals surface area contributed by atoms with Crippen molar-refractivity contribution < 1.29 is 9.60 Å². The van der Waals surface area contributed by atoms with Crippen molar-refractivity contribution in [2.75, 3.05) is 0 Å². The van der Waals surface area contributed by atoms with Crippen LogP contribution in [0.1, 0.15) is 22.8 Å². The summed E-state index contributed by atoms with van der Waals surface area (Å²) >= 11 is 0. The molecule has 116 valence electrons. The molecule has 0 bridgehead atoms. The summed E-state index contributed by atoms with van der Waals surface area (Å²) in [6, 6.07) is 4.55. The summed E-state index contributed by atoms with van der Waals surface area (Å²) in [5.74, 6) is 0.344. The Bertz CT molecular complexity index is 894. The average Bonchev–Trinajstić information content (AvgIpc) is 3.08. The monoisotopic (exact) mass is 310 g/mol. The Labute approximate surface area is 132 Å². The molecule has 0 amide bonds. The van der Waals surface area contributed by atoms with Crippen LogP contribution in [-0.4, -0.2) is 26.0 Å². The fourth-order valence-electron chi connectivity index (χ4n) is 3.06. The molecule has 0 saturated carbocycles. The molecule has 0 atom stereocenters. The van der Waals surface area contributed by atoms with Gasteiger partial charge in [0.1, 0.15) is 18.2 Å². The molecule has 23 heavy (non-hydrogen) atoms. The van der Waals surface area contributed by atoms with Crippen LogP contribution in [0.25, 0.3) is 11.4 Å². The first-order chi connectivity index (χ1) is 11.1. The molecule has 2 aromatic rings. The molecule has 1 aromatic carbocycles. The molecular formula is C17H15FN4O. The number of aliphatic imine (C=N–C) groups is 1. The van der Waals surface area contributed by atoms with E-state index in [1.807, 2.05) is 18.4 Å². The van der Waals surface area contributed by atoms with Gasteiger partial charge in [0.25, 0.3) is 0 Å². The van der Waals surface area contributed by atoms with Gasteiger partial charge in [-0.3, -0.25) is 14.8 Å². The third-order valence-corrected chi connectivity index (χ3v) is 4.21. The Hall–Kier alpha value is -2.73. The molecule has 0 radical (unpaired) electrons. The van der Waals surface area contributed by atoms with E-state index in [-0.39, 0.29) is 12.4 Å². The van der Waals surface area contributed by atoms with E-state index < -0.39 is 0 Å². The van der Waals surface area contributed by atoms with E-state index in [2.05, 4.69) is 9.98 Å². The summed E-state index contributed by atoms with van der Waals surface area (Å²) in [5, 5.41) is 11.7. The predicted octanol–water partition coefficient (Wildman–Crippen LogP) is 3.14. The SMILES string of the molecule is Cc1nc2n(c1C)-c1ccc(F)cc1C(=C1C=CC=N1)N(O)C2. The van der Waals surface area contributed by atoms with Gasteiger partial charge in [0.05, 0.1) is 22.8 Å². The lowest BCUT2D eigenvalue weighted by Crippen LogP contribution is -2.17. The normalized spacial score (nSPS) is 19.0. The lowest BCUT2D eigenvalue weighted by Gasteiger charge is -2.19. The second-order valence-electron chi connectivity index (χ2n) is 5.62. The lowest BCUT2D eigenvalue weighted by atomic mass is 10.1. The number of nitrogens with zero attached hydrogens (tertiary/aromatic N) is 4. The molecular weight excluding hydrogens is 295 g/mol. The molecule has 6 heteroatoms. The summed E-state index contributed by atoms with van der Waals surface area (Å²) in [6.07, 6.45) is 5.22. The summed E-state index contributed by atoms with van der Waals surface area (Å²) in [6.45, 7) is 4.09. The molecule has 0 aliphatic carbocycles. The lowest BCUT2D eigenvalue weighted by molar-refractivity contribution is -0.0374. The fourth-order valence-corrected chi connectivity index (χ4v) is 3.06. The molecule has 0 saturated heterocycles. The fraction of sp³-hybridized carbons (Fsp3) is 0.176. The highest BCUT2D eigenvalue weighted by Crippen LogP contribution is 2.35. The Morgan fingerprint density at radius 2 is 2.09 bits per heavy atom. The molecule has 0 fully saturated rings. The van der Waals surface area contributed by atoms with Crippen LogP contribution in [-0.2, 0) is 6.54 Å². The van der Waals surface area contributed by atoms with Gasteiger partial charge in [0, 0.05) is 17.5 Å². The zero-order valence-corrected chi connectivity index (χ0v) is 12.8. The van der Waals surface area contributed by atoms with Crippen molar-refractivity contribution in [3.8, 4) is 5.69 Å². The van der Waals surface area contributed by atoms with Crippen LogP contribution in [0.3, 0.4) is 0 Å². The highest BCUT2D eigenvalue weighted by Gasteiger charge is 2.28. The minimum Gasteiger partial charge on any atom is -0.298 e. The number of hydrogen-bond acceptors (Lipinski definition) is 4. The summed E-state index contributed by atoms with van der Waals surface area (Å²) < 4.78 is 15.9. The Kier molecular flexibility index (Phi) is 2.96. The van der Waals surface area contributed by atoms with E-state index >= 15 is 0 Å². The first-order valence-corrected chi connectivity index (χ1v) is 7.33. The number of rotatable bonds is 0. The first kappa shape index (κ1) is 13.9. The van der Waals surface area contributed by atoms with Gasteiger partial charge in [-0.05, 0) is 44.2 Å². The number of fused-ring (bicyclic) bond motifs is 3. The molecule has 0 unspecified atom stereocenters. The highest BCUT2D eigenvalue weighted by atomic mass is 19.1. The summed E-state index contributed by atoms with van der Waals surface area (Å²) in [4.78, 5) is 8.79. The number of aryl methyl sites for hydroxylation is 1. The smallest absolute Gasteiger partial charge is 0.136 e. The minimum absolute atomic E-state index is 0.202. The summed E-state index contributed by atoms with van der Waals surface area (Å²) in [7, 11) is 0. The van der Waals surface area contributed by atoms with E-state index in [1.54, 1.807) is 24.4 Å². The summed E-state index contributed by atoms with van der Waals surface area (Å²) in [5.41, 5.74) is 4.31. The van der Waals surface area contributed by atoms with Gasteiger partial charge in [-0.25, -0.2) is 14.4 Å². The average molecular weight is 310 g/mol. The van der Waals surface area contributed by atoms with Crippen molar-refractivity contribution in [1.82, 2.24) is 14.6 Å². The maximum Gasteiger partial charge on any atom is 0.136 e. The molecule has 2 aliphatic rings. The van der Waals surface area contributed by atoms with E-state index in [0.717, 1.165) is 22.1 Å². The van der Waals surface area contributed by atoms with Crippen molar-refractivity contribution >= 4 is 11.9 Å². The zero-order valence-electron chi connectivity index (χ0n) is 12.8. The molecule has 1 N–H and O–H groups in total. The Morgan fingerprint density at radius 1 is 1.26 bits per heavy atom. The topological polar surface area (TPSA) is 53.7 Å². The van der Waals surface area contributed by atoms with E-state index in [1.165, 1.54) is 12.1 Å². The van der Waals surface area contributed by atoms with Crippen LogP contribution in [0.15, 0.2) is 41.0 Å². The quantitative estimate of drug-likeness (QED) is 0.813. The standard InChI is InChI=1S/C17H15FN4O/c1-10-11(2)22-15-6-5-12(18)8-13(15)17(14-4-3-7-19-14)21(23)9-16(22)20-10/h3-8,23H,9H2,1-2H3. The second kappa shape index (κ2) is 4.89. The van der Waals surface area contributed by atoms with Gasteiger partial charge >= 0.3 is 0 Å². The second-order valence-corrected chi connectivity index (χ2v) is 5.62. The van der Waals surface area contributed by atoms with Crippen LogP contribution in [0, 0.1) is 19.7 Å². The molecule has 4 rings (SSSR count). The van der Waals surface area contributed by atoms with E-state index in [4.69, 9.17) is 0 Å². The van der Waals surface area contributed by atoms with Gasteiger partial charge in [0.15, 0.2) is 0 Å². The van der Waals surface area contributed by atoms with Gasteiger partial charge in [-0.2, -0.15) is 0 Å². The molecule has 1 aromatic heterocycles. The van der Waals surface area contributed by atoms with Crippen molar-refractivity contribution in [2.45, 2.75) is 20.4 Å². The molecule has 3 heterocycles. The van der Waals surface area contributed by atoms with Crippen LogP contribution in [0.2, 0.25) is 0 Å². The number of aromatic nitrogens is 2. The Morgan fingerprint density at radius 3 is 2.83 bits per heavy atom. The van der Waals surface area contributed by atoms with Gasteiger partial charge in [-0.15, -0.1) is 0 Å². The van der Waals surface area contributed by atoms with Crippen molar-refractivity contribution in [3.63, 3.8) is 0 Å². The van der Waals surface area contributed by atoms with Crippen LogP contribution < -0.4 is 0 Å². The minimum atomic E-state index is -0.362. The number of benzene rings is 1. The maximum atomic E-state index is 13.9. The van der Waals surface area contributed by atoms with Crippen molar-refractivity contribution in [3.05, 3.63) is 64.6 Å². The van der Waals surface area contributed by atoms with E-state index in [0.29, 0.717) is 22.8 Å². The predicted molar refractivity (Wildman–Crippen MR) is 84.9 cm³/mol. The number of allylic oxidation sites excluding steroid dienone is 2. The highest BCUT2D eigenvalue weighted by molar-refractivity contribution is 5.84. The van der Waals surface area contributed by atoms with Crippen LogP contribution in [0.5, 0.6) is 0 Å². The van der Waals surface area contributed by atoms with Gasteiger partial charge < -0.3 is 0 Å². The number of imidazole rings is 1. The van der Waals surface area contributed by atoms with Crippen molar-refractivity contribution in [2.24, 2.45) is 4.99 Å². The molecule has 2 aliphatic heterocycles. The molecule has 0 spiro atoms. The van der Waals surface area contributed by atoms with E-state index in [9.17, 15) is 9.60 Å².